The predicted octanol–water partition coefficient (Wildman–Crippen LogP) is 1.19. The fourth-order valence-corrected chi connectivity index (χ4v) is 2.63. The van der Waals surface area contributed by atoms with Gasteiger partial charge in [0.2, 0.25) is 0 Å². The zero-order valence-electron chi connectivity index (χ0n) is 8.36. The summed E-state index contributed by atoms with van der Waals surface area (Å²) in [4.78, 5) is 14.6. The topological polar surface area (TPSA) is 81.2 Å². The number of aromatic amines is 1. The van der Waals surface area contributed by atoms with Crippen LogP contribution in [0, 0.1) is 0 Å². The first-order chi connectivity index (χ1) is 7.72. The number of hydrogen-bond donors (Lipinski definition) is 2. The smallest absolute Gasteiger partial charge is 0.408 e. The highest BCUT2D eigenvalue weighted by atomic mass is 32.2. The van der Waals surface area contributed by atoms with Gasteiger partial charge in [-0.15, -0.1) is 11.8 Å². The van der Waals surface area contributed by atoms with Crippen molar-refractivity contribution in [3.8, 4) is 0 Å². The zero-order chi connectivity index (χ0) is 11.1. The minimum Gasteiger partial charge on any atom is -0.408 e. The Morgan fingerprint density at radius 2 is 2.25 bits per heavy atom. The SMILES string of the molecule is Nc1cc2oc(=O)[nH]c2cc1SC1COC1. The number of nitrogens with two attached hydrogens (primary N) is 1. The van der Waals surface area contributed by atoms with Crippen molar-refractivity contribution in [3.63, 3.8) is 0 Å². The molecule has 0 spiro atoms. The number of benzene rings is 1. The molecule has 0 amide bonds. The highest BCUT2D eigenvalue weighted by Crippen LogP contribution is 2.34. The number of H-pyrrole nitrogens is 1. The fourth-order valence-electron chi connectivity index (χ4n) is 1.56. The van der Waals surface area contributed by atoms with Crippen molar-refractivity contribution in [2.24, 2.45) is 0 Å². The number of hydrogen-bond acceptors (Lipinski definition) is 5. The van der Waals surface area contributed by atoms with E-state index < -0.39 is 5.76 Å². The molecule has 1 saturated heterocycles. The minimum atomic E-state index is -0.455. The van der Waals surface area contributed by atoms with Crippen LogP contribution in [0.4, 0.5) is 5.69 Å². The Balaban J connectivity index is 2.02. The molecule has 84 valence electrons. The van der Waals surface area contributed by atoms with E-state index in [1.807, 2.05) is 6.07 Å². The van der Waals surface area contributed by atoms with Gasteiger partial charge in [-0.25, -0.2) is 4.79 Å². The largest absolute Gasteiger partial charge is 0.417 e. The number of oxazole rings is 1. The Morgan fingerprint density at radius 1 is 1.44 bits per heavy atom. The normalized spacial score (nSPS) is 16.5. The maximum absolute atomic E-state index is 11.0. The summed E-state index contributed by atoms with van der Waals surface area (Å²) in [6, 6.07) is 3.52. The van der Waals surface area contributed by atoms with Gasteiger partial charge in [0.05, 0.1) is 24.0 Å². The average molecular weight is 238 g/mol. The molecular formula is C10H10N2O3S. The van der Waals surface area contributed by atoms with Gasteiger partial charge >= 0.3 is 5.76 Å². The monoisotopic (exact) mass is 238 g/mol. The molecule has 3 N–H and O–H groups in total. The van der Waals surface area contributed by atoms with Crippen LogP contribution in [0.3, 0.4) is 0 Å². The van der Waals surface area contributed by atoms with Gasteiger partial charge < -0.3 is 14.9 Å². The van der Waals surface area contributed by atoms with Crippen LogP contribution in [-0.2, 0) is 4.74 Å². The first-order valence-electron chi connectivity index (χ1n) is 4.89. The van der Waals surface area contributed by atoms with E-state index in [-0.39, 0.29) is 0 Å². The van der Waals surface area contributed by atoms with Crippen LogP contribution in [0.1, 0.15) is 0 Å². The van der Waals surface area contributed by atoms with Crippen LogP contribution in [0.2, 0.25) is 0 Å². The molecule has 0 atom stereocenters. The van der Waals surface area contributed by atoms with Crippen LogP contribution in [0.15, 0.2) is 26.2 Å². The van der Waals surface area contributed by atoms with Crippen molar-refractivity contribution in [3.05, 3.63) is 22.7 Å². The summed E-state index contributed by atoms with van der Waals surface area (Å²) >= 11 is 1.67. The molecule has 1 aromatic carbocycles. The standard InChI is InChI=1S/C10H10N2O3S/c11-6-1-8-7(12-10(13)15-8)2-9(6)16-5-3-14-4-5/h1-2,5H,3-4,11H2,(H,12,13). The molecule has 0 bridgehead atoms. The lowest BCUT2D eigenvalue weighted by Crippen LogP contribution is -2.30. The first-order valence-corrected chi connectivity index (χ1v) is 5.77. The van der Waals surface area contributed by atoms with E-state index in [0.717, 1.165) is 18.1 Å². The van der Waals surface area contributed by atoms with Crippen molar-refractivity contribution >= 4 is 28.5 Å². The van der Waals surface area contributed by atoms with Crippen LogP contribution < -0.4 is 11.5 Å². The first kappa shape index (κ1) is 9.80. The molecular weight excluding hydrogens is 228 g/mol. The van der Waals surface area contributed by atoms with Gasteiger partial charge in [-0.3, -0.25) is 4.98 Å². The number of fused-ring (bicyclic) bond motifs is 1. The number of rotatable bonds is 2. The molecule has 1 fully saturated rings. The van der Waals surface area contributed by atoms with E-state index in [0.29, 0.717) is 22.0 Å². The predicted molar refractivity (Wildman–Crippen MR) is 61.7 cm³/mol. The molecule has 1 aliphatic heterocycles. The number of ether oxygens (including phenoxy) is 1. The third kappa shape index (κ3) is 1.60. The second-order valence-corrected chi connectivity index (χ2v) is 5.02. The average Bonchev–Trinajstić information content (AvgIpc) is 2.50. The van der Waals surface area contributed by atoms with E-state index in [1.54, 1.807) is 17.8 Å². The highest BCUT2D eigenvalue weighted by molar-refractivity contribution is 8.00. The van der Waals surface area contributed by atoms with Crippen molar-refractivity contribution < 1.29 is 9.15 Å². The summed E-state index contributed by atoms with van der Waals surface area (Å²) in [5, 5.41) is 0.457. The second kappa shape index (κ2) is 3.57. The van der Waals surface area contributed by atoms with Crippen molar-refractivity contribution in [2.75, 3.05) is 18.9 Å². The Bertz CT molecular complexity index is 585. The van der Waals surface area contributed by atoms with Crippen molar-refractivity contribution in [1.29, 1.82) is 0 Å². The molecule has 0 saturated carbocycles. The third-order valence-electron chi connectivity index (χ3n) is 2.45. The number of aromatic nitrogens is 1. The molecule has 1 aromatic heterocycles. The second-order valence-electron chi connectivity index (χ2n) is 3.68. The summed E-state index contributed by atoms with van der Waals surface area (Å²) in [5.41, 5.74) is 7.70. The van der Waals surface area contributed by atoms with Gasteiger partial charge in [0.15, 0.2) is 5.58 Å². The Morgan fingerprint density at radius 3 is 2.94 bits per heavy atom. The van der Waals surface area contributed by atoms with Gasteiger partial charge in [-0.05, 0) is 6.07 Å². The van der Waals surface area contributed by atoms with E-state index in [2.05, 4.69) is 4.98 Å². The molecule has 2 heterocycles. The van der Waals surface area contributed by atoms with E-state index >= 15 is 0 Å². The summed E-state index contributed by atoms with van der Waals surface area (Å²) in [5.74, 6) is -0.455. The molecule has 0 radical (unpaired) electrons. The van der Waals surface area contributed by atoms with E-state index in [1.165, 1.54) is 0 Å². The quantitative estimate of drug-likeness (QED) is 0.768. The lowest BCUT2D eigenvalue weighted by atomic mass is 10.3. The molecule has 1 aliphatic rings. The number of thioether (sulfide) groups is 1. The van der Waals surface area contributed by atoms with Gasteiger partial charge in [0.1, 0.15) is 0 Å². The van der Waals surface area contributed by atoms with Crippen molar-refractivity contribution in [2.45, 2.75) is 10.1 Å². The lowest BCUT2D eigenvalue weighted by Gasteiger charge is -2.25. The number of nitrogen functional groups attached to an aromatic ring is 1. The molecule has 6 heteroatoms. The maximum atomic E-state index is 11.0. The maximum Gasteiger partial charge on any atom is 0.417 e. The Hall–Kier alpha value is -1.40. The van der Waals surface area contributed by atoms with E-state index in [9.17, 15) is 4.79 Å². The molecule has 2 aromatic rings. The summed E-state index contributed by atoms with van der Waals surface area (Å²) in [6.45, 7) is 1.51. The van der Waals surface area contributed by atoms with Gasteiger partial charge in [0, 0.05) is 16.6 Å². The Labute approximate surface area is 95.0 Å². The summed E-state index contributed by atoms with van der Waals surface area (Å²) in [6.07, 6.45) is 0. The molecule has 5 nitrogen and oxygen atoms in total. The van der Waals surface area contributed by atoms with E-state index in [4.69, 9.17) is 14.9 Å². The highest BCUT2D eigenvalue weighted by Gasteiger charge is 2.21. The zero-order valence-corrected chi connectivity index (χ0v) is 9.17. The summed E-state index contributed by atoms with van der Waals surface area (Å²) in [7, 11) is 0. The van der Waals surface area contributed by atoms with Gasteiger partial charge in [-0.1, -0.05) is 0 Å². The van der Waals surface area contributed by atoms with Crippen LogP contribution in [0.25, 0.3) is 11.1 Å². The van der Waals surface area contributed by atoms with Crippen molar-refractivity contribution in [1.82, 2.24) is 4.98 Å². The third-order valence-corrected chi connectivity index (χ3v) is 3.67. The lowest BCUT2D eigenvalue weighted by molar-refractivity contribution is 0.0455. The van der Waals surface area contributed by atoms with Gasteiger partial charge in [0.25, 0.3) is 0 Å². The fraction of sp³-hybridized carbons (Fsp3) is 0.300. The number of nitrogens with one attached hydrogen (secondary N) is 1. The van der Waals surface area contributed by atoms with Gasteiger partial charge in [-0.2, -0.15) is 0 Å². The minimum absolute atomic E-state index is 0.455. The molecule has 0 aliphatic carbocycles. The number of anilines is 1. The van der Waals surface area contributed by atoms with Crippen LogP contribution in [-0.4, -0.2) is 23.4 Å². The van der Waals surface area contributed by atoms with Crippen LogP contribution in [0.5, 0.6) is 0 Å². The molecule has 16 heavy (non-hydrogen) atoms. The summed E-state index contributed by atoms with van der Waals surface area (Å²) < 4.78 is 10.0. The molecule has 3 rings (SSSR count). The Kier molecular flexibility index (Phi) is 2.19. The molecule has 0 unspecified atom stereocenters. The van der Waals surface area contributed by atoms with Crippen LogP contribution >= 0.6 is 11.8 Å².